The van der Waals surface area contributed by atoms with Crippen LogP contribution >= 0.6 is 0 Å². The maximum Gasteiger partial charge on any atom is 0.234 e. The molecule has 0 heterocycles. The Bertz CT molecular complexity index is 195. The number of nitrogens with one attached hydrogen (secondary N) is 2. The predicted molar refractivity (Wildman–Crippen MR) is 54.9 cm³/mol. The minimum atomic E-state index is -0.276. The lowest BCUT2D eigenvalue weighted by Gasteiger charge is -2.16. The van der Waals surface area contributed by atoms with Gasteiger partial charge in [-0.05, 0) is 33.1 Å². The monoisotopic (exact) mass is 200 g/mol. The number of rotatable bonds is 4. The van der Waals surface area contributed by atoms with Crippen molar-refractivity contribution in [3.05, 3.63) is 0 Å². The molecule has 0 aromatic heterocycles. The number of carbonyl (C=O) groups excluding carboxylic acids is 1. The molecule has 3 N–H and O–H groups in total. The van der Waals surface area contributed by atoms with Crippen LogP contribution in [0.15, 0.2) is 0 Å². The molecule has 0 radical (unpaired) electrons. The molecule has 0 spiro atoms. The van der Waals surface area contributed by atoms with E-state index in [1.165, 1.54) is 0 Å². The predicted octanol–water partition coefficient (Wildman–Crippen LogP) is 0.0140. The third-order valence-electron chi connectivity index (χ3n) is 2.45. The smallest absolute Gasteiger partial charge is 0.234 e. The quantitative estimate of drug-likeness (QED) is 0.599. The fourth-order valence-electron chi connectivity index (χ4n) is 1.78. The van der Waals surface area contributed by atoms with E-state index in [4.69, 9.17) is 0 Å². The first-order chi connectivity index (χ1) is 6.59. The van der Waals surface area contributed by atoms with Crippen molar-refractivity contribution in [2.45, 2.75) is 51.3 Å². The van der Waals surface area contributed by atoms with Crippen LogP contribution in [-0.2, 0) is 4.79 Å². The van der Waals surface area contributed by atoms with Gasteiger partial charge in [-0.3, -0.25) is 4.79 Å². The van der Waals surface area contributed by atoms with E-state index in [-0.39, 0.29) is 24.1 Å². The van der Waals surface area contributed by atoms with Crippen LogP contribution in [0.1, 0.15) is 33.1 Å². The van der Waals surface area contributed by atoms with E-state index in [1.807, 2.05) is 13.8 Å². The summed E-state index contributed by atoms with van der Waals surface area (Å²) >= 11 is 0. The molecule has 0 aromatic carbocycles. The highest BCUT2D eigenvalue weighted by Gasteiger charge is 2.24. The SMILES string of the molecule is CC(C)NC(=O)CN[C@H]1CCC[C@@H]1O. The van der Waals surface area contributed by atoms with Crippen LogP contribution in [0, 0.1) is 0 Å². The van der Waals surface area contributed by atoms with Gasteiger partial charge in [0.25, 0.3) is 0 Å². The van der Waals surface area contributed by atoms with Gasteiger partial charge >= 0.3 is 0 Å². The number of hydrogen-bond acceptors (Lipinski definition) is 3. The van der Waals surface area contributed by atoms with Crippen molar-refractivity contribution >= 4 is 5.91 Å². The normalized spacial score (nSPS) is 26.9. The number of aliphatic hydroxyl groups excluding tert-OH is 1. The summed E-state index contributed by atoms with van der Waals surface area (Å²) < 4.78 is 0. The van der Waals surface area contributed by atoms with E-state index in [9.17, 15) is 9.90 Å². The molecule has 1 aliphatic carbocycles. The van der Waals surface area contributed by atoms with E-state index in [0.29, 0.717) is 6.54 Å². The van der Waals surface area contributed by atoms with Crippen molar-refractivity contribution in [2.75, 3.05) is 6.54 Å². The molecular formula is C10H20N2O2. The van der Waals surface area contributed by atoms with Crippen LogP contribution in [0.3, 0.4) is 0 Å². The molecular weight excluding hydrogens is 180 g/mol. The van der Waals surface area contributed by atoms with E-state index < -0.39 is 0 Å². The topological polar surface area (TPSA) is 61.4 Å². The molecule has 0 aromatic rings. The zero-order chi connectivity index (χ0) is 10.6. The Morgan fingerprint density at radius 1 is 1.50 bits per heavy atom. The number of carbonyl (C=O) groups is 1. The van der Waals surface area contributed by atoms with Crippen molar-refractivity contribution in [1.82, 2.24) is 10.6 Å². The van der Waals surface area contributed by atoms with Gasteiger partial charge in [-0.1, -0.05) is 0 Å². The Hall–Kier alpha value is -0.610. The van der Waals surface area contributed by atoms with Crippen LogP contribution in [0.4, 0.5) is 0 Å². The summed E-state index contributed by atoms with van der Waals surface area (Å²) in [5, 5.41) is 15.4. The minimum Gasteiger partial charge on any atom is -0.392 e. The Morgan fingerprint density at radius 3 is 2.71 bits per heavy atom. The summed E-state index contributed by atoms with van der Waals surface area (Å²) in [5.41, 5.74) is 0. The summed E-state index contributed by atoms with van der Waals surface area (Å²) in [6.45, 7) is 4.17. The van der Waals surface area contributed by atoms with E-state index in [1.54, 1.807) is 0 Å². The number of hydrogen-bond donors (Lipinski definition) is 3. The van der Waals surface area contributed by atoms with Gasteiger partial charge in [0.2, 0.25) is 5.91 Å². The highest BCUT2D eigenvalue weighted by atomic mass is 16.3. The van der Waals surface area contributed by atoms with E-state index in [0.717, 1.165) is 19.3 Å². The lowest BCUT2D eigenvalue weighted by Crippen LogP contribution is -2.44. The van der Waals surface area contributed by atoms with Gasteiger partial charge in [-0.2, -0.15) is 0 Å². The van der Waals surface area contributed by atoms with Crippen LogP contribution in [-0.4, -0.2) is 35.7 Å². The van der Waals surface area contributed by atoms with Crippen LogP contribution in [0.2, 0.25) is 0 Å². The van der Waals surface area contributed by atoms with Crippen molar-refractivity contribution < 1.29 is 9.90 Å². The first-order valence-electron chi connectivity index (χ1n) is 5.30. The highest BCUT2D eigenvalue weighted by molar-refractivity contribution is 5.78. The fourth-order valence-corrected chi connectivity index (χ4v) is 1.78. The summed E-state index contributed by atoms with van der Waals surface area (Å²) in [7, 11) is 0. The molecule has 1 saturated carbocycles. The maximum atomic E-state index is 11.3. The molecule has 14 heavy (non-hydrogen) atoms. The van der Waals surface area contributed by atoms with Crippen LogP contribution in [0.25, 0.3) is 0 Å². The van der Waals surface area contributed by atoms with Crippen molar-refractivity contribution in [3.8, 4) is 0 Å². The highest BCUT2D eigenvalue weighted by Crippen LogP contribution is 2.18. The third kappa shape index (κ3) is 3.64. The van der Waals surface area contributed by atoms with Gasteiger partial charge in [-0.25, -0.2) is 0 Å². The summed E-state index contributed by atoms with van der Waals surface area (Å²) in [6, 6.07) is 0.283. The van der Waals surface area contributed by atoms with Crippen LogP contribution < -0.4 is 10.6 Å². The van der Waals surface area contributed by atoms with E-state index in [2.05, 4.69) is 10.6 Å². The van der Waals surface area contributed by atoms with Crippen molar-refractivity contribution in [1.29, 1.82) is 0 Å². The second kappa shape index (κ2) is 5.32. The standard InChI is InChI=1S/C10H20N2O2/c1-7(2)12-10(14)6-11-8-4-3-5-9(8)13/h7-9,11,13H,3-6H2,1-2H3,(H,12,14)/t8-,9-/m0/s1. The molecule has 1 fully saturated rings. The molecule has 82 valence electrons. The minimum absolute atomic E-state index is 0.000833. The summed E-state index contributed by atoms with van der Waals surface area (Å²) in [5.74, 6) is -0.000833. The summed E-state index contributed by atoms with van der Waals surface area (Å²) in [4.78, 5) is 11.3. The average molecular weight is 200 g/mol. The second-order valence-corrected chi connectivity index (χ2v) is 4.21. The maximum absolute atomic E-state index is 11.3. The van der Waals surface area contributed by atoms with E-state index >= 15 is 0 Å². The van der Waals surface area contributed by atoms with Gasteiger partial charge in [0.15, 0.2) is 0 Å². The number of aliphatic hydroxyl groups is 1. The lowest BCUT2D eigenvalue weighted by molar-refractivity contribution is -0.120. The lowest BCUT2D eigenvalue weighted by atomic mass is 10.2. The molecule has 4 heteroatoms. The molecule has 0 bridgehead atoms. The number of amides is 1. The Labute approximate surface area is 85.1 Å². The van der Waals surface area contributed by atoms with Crippen LogP contribution in [0.5, 0.6) is 0 Å². The molecule has 0 unspecified atom stereocenters. The first-order valence-corrected chi connectivity index (χ1v) is 5.30. The van der Waals surface area contributed by atoms with Gasteiger partial charge in [0.1, 0.15) is 0 Å². The summed E-state index contributed by atoms with van der Waals surface area (Å²) in [6.07, 6.45) is 2.59. The molecule has 0 saturated heterocycles. The zero-order valence-electron chi connectivity index (χ0n) is 8.92. The molecule has 1 rings (SSSR count). The second-order valence-electron chi connectivity index (χ2n) is 4.21. The Balaban J connectivity index is 2.16. The van der Waals surface area contributed by atoms with Gasteiger partial charge in [-0.15, -0.1) is 0 Å². The average Bonchev–Trinajstić information content (AvgIpc) is 2.46. The van der Waals surface area contributed by atoms with Gasteiger partial charge < -0.3 is 15.7 Å². The molecule has 1 amide bonds. The Kier molecular flexibility index (Phi) is 4.35. The Morgan fingerprint density at radius 2 is 2.21 bits per heavy atom. The van der Waals surface area contributed by atoms with Gasteiger partial charge in [0.05, 0.1) is 12.6 Å². The first kappa shape index (κ1) is 11.5. The molecule has 4 nitrogen and oxygen atoms in total. The largest absolute Gasteiger partial charge is 0.392 e. The third-order valence-corrected chi connectivity index (χ3v) is 2.45. The van der Waals surface area contributed by atoms with Crippen molar-refractivity contribution in [2.24, 2.45) is 0 Å². The molecule has 1 aliphatic rings. The fraction of sp³-hybridized carbons (Fsp3) is 0.900. The van der Waals surface area contributed by atoms with Gasteiger partial charge in [0, 0.05) is 12.1 Å². The van der Waals surface area contributed by atoms with Crippen molar-refractivity contribution in [3.63, 3.8) is 0 Å². The molecule has 0 aliphatic heterocycles. The zero-order valence-corrected chi connectivity index (χ0v) is 8.92. The molecule has 2 atom stereocenters.